The van der Waals surface area contributed by atoms with Gasteiger partial charge in [-0.1, -0.05) is 12.1 Å². The molecule has 9 nitrogen and oxygen atoms in total. The van der Waals surface area contributed by atoms with Crippen molar-refractivity contribution in [1.82, 2.24) is 19.4 Å². The van der Waals surface area contributed by atoms with Crippen LogP contribution < -0.4 is 10.6 Å². The van der Waals surface area contributed by atoms with Crippen LogP contribution in [0.2, 0.25) is 0 Å². The lowest BCUT2D eigenvalue weighted by atomic mass is 10.1. The van der Waals surface area contributed by atoms with Gasteiger partial charge >= 0.3 is 0 Å². The Morgan fingerprint density at radius 2 is 1.68 bits per heavy atom. The summed E-state index contributed by atoms with van der Waals surface area (Å²) < 4.78 is 28.3. The number of aryl methyl sites for hydroxylation is 2. The topological polar surface area (TPSA) is 113 Å². The number of hydrogen-bond donors (Lipinski definition) is 2. The molecule has 0 unspecified atom stereocenters. The molecule has 2 N–H and O–H groups in total. The molecule has 0 radical (unpaired) electrons. The fourth-order valence-electron chi connectivity index (χ4n) is 3.48. The molecule has 0 bridgehead atoms. The van der Waals surface area contributed by atoms with Crippen molar-refractivity contribution in [2.45, 2.75) is 32.1 Å². The van der Waals surface area contributed by atoms with Gasteiger partial charge in [-0.2, -0.15) is 9.40 Å². The zero-order valence-electron chi connectivity index (χ0n) is 19.7. The molecule has 2 aromatic carbocycles. The van der Waals surface area contributed by atoms with E-state index < -0.39 is 10.0 Å². The van der Waals surface area contributed by atoms with E-state index in [0.717, 1.165) is 26.9 Å². The summed E-state index contributed by atoms with van der Waals surface area (Å²) >= 11 is 0. The Kier molecular flexibility index (Phi) is 7.85. The standard InChI is InChI=1S/C24H29N5O4S/c1-17-15-18(2)29(27-17)22-9-5-20(6-10-22)13-14-25-24(31)16-28(4)34(32,33)23-11-7-21(8-12-23)26-19(3)30/h5-12,15H,13-14,16H2,1-4H3,(H,25,31)(H,26,30). The minimum Gasteiger partial charge on any atom is -0.355 e. The molecule has 10 heteroatoms. The van der Waals surface area contributed by atoms with Gasteiger partial charge in [0, 0.05) is 31.9 Å². The van der Waals surface area contributed by atoms with Crippen LogP contribution in [0.3, 0.4) is 0 Å². The second-order valence-electron chi connectivity index (χ2n) is 8.07. The Bertz CT molecular complexity index is 1270. The van der Waals surface area contributed by atoms with Crippen molar-refractivity contribution >= 4 is 27.5 Å². The number of anilines is 1. The summed E-state index contributed by atoms with van der Waals surface area (Å²) in [5.41, 5.74) is 4.52. The molecule has 3 rings (SSSR count). The van der Waals surface area contributed by atoms with Gasteiger partial charge in [0.25, 0.3) is 0 Å². The van der Waals surface area contributed by atoms with Crippen LogP contribution in [0.25, 0.3) is 5.69 Å². The number of aromatic nitrogens is 2. The number of carbonyl (C=O) groups excluding carboxylic acids is 2. The van der Waals surface area contributed by atoms with E-state index in [1.54, 1.807) is 0 Å². The first kappa shape index (κ1) is 25.1. The quantitative estimate of drug-likeness (QED) is 0.485. The fourth-order valence-corrected chi connectivity index (χ4v) is 4.60. The van der Waals surface area contributed by atoms with Gasteiger partial charge in [0.2, 0.25) is 21.8 Å². The first-order chi connectivity index (χ1) is 16.1. The minimum absolute atomic E-state index is 0.0413. The molecule has 0 atom stereocenters. The Labute approximate surface area is 199 Å². The molecule has 1 heterocycles. The van der Waals surface area contributed by atoms with E-state index >= 15 is 0 Å². The van der Waals surface area contributed by atoms with Gasteiger partial charge in [0.05, 0.1) is 22.8 Å². The Morgan fingerprint density at radius 1 is 1.03 bits per heavy atom. The number of carbonyl (C=O) groups is 2. The van der Waals surface area contributed by atoms with Crippen LogP contribution in [0.5, 0.6) is 0 Å². The highest BCUT2D eigenvalue weighted by molar-refractivity contribution is 7.89. The predicted molar refractivity (Wildman–Crippen MR) is 130 cm³/mol. The van der Waals surface area contributed by atoms with Gasteiger partial charge in [0.15, 0.2) is 0 Å². The fraction of sp³-hybridized carbons (Fsp3) is 0.292. The molecule has 0 aliphatic carbocycles. The minimum atomic E-state index is -3.84. The van der Waals surface area contributed by atoms with Gasteiger partial charge in [0.1, 0.15) is 0 Å². The second-order valence-corrected chi connectivity index (χ2v) is 10.1. The highest BCUT2D eigenvalue weighted by Crippen LogP contribution is 2.17. The maximum Gasteiger partial charge on any atom is 0.243 e. The Balaban J connectivity index is 1.50. The van der Waals surface area contributed by atoms with Crippen LogP contribution in [0.1, 0.15) is 23.9 Å². The van der Waals surface area contributed by atoms with E-state index in [9.17, 15) is 18.0 Å². The first-order valence-electron chi connectivity index (χ1n) is 10.8. The molecule has 2 amide bonds. The largest absolute Gasteiger partial charge is 0.355 e. The van der Waals surface area contributed by atoms with Gasteiger partial charge in [-0.3, -0.25) is 9.59 Å². The van der Waals surface area contributed by atoms with E-state index in [-0.39, 0.29) is 23.3 Å². The van der Waals surface area contributed by atoms with Gasteiger partial charge in [-0.15, -0.1) is 0 Å². The van der Waals surface area contributed by atoms with E-state index in [2.05, 4.69) is 15.7 Å². The molecule has 0 saturated carbocycles. The predicted octanol–water partition coefficient (Wildman–Crippen LogP) is 2.43. The van der Waals surface area contributed by atoms with Crippen molar-refractivity contribution < 1.29 is 18.0 Å². The van der Waals surface area contributed by atoms with Crippen LogP contribution in [-0.4, -0.2) is 54.5 Å². The van der Waals surface area contributed by atoms with Crippen LogP contribution in [0, 0.1) is 13.8 Å². The molecule has 0 aliphatic heterocycles. The number of amides is 2. The average Bonchev–Trinajstić information content (AvgIpc) is 3.12. The molecule has 1 aromatic heterocycles. The summed E-state index contributed by atoms with van der Waals surface area (Å²) in [6.07, 6.45) is 0.615. The number of sulfonamides is 1. The second kappa shape index (κ2) is 10.6. The molecule has 0 fully saturated rings. The van der Waals surface area contributed by atoms with Crippen molar-refractivity contribution in [2.75, 3.05) is 25.5 Å². The van der Waals surface area contributed by atoms with Crippen LogP contribution in [0.15, 0.2) is 59.5 Å². The van der Waals surface area contributed by atoms with Crippen LogP contribution in [0.4, 0.5) is 5.69 Å². The van der Waals surface area contributed by atoms with Crippen molar-refractivity contribution in [1.29, 1.82) is 0 Å². The summed E-state index contributed by atoms with van der Waals surface area (Å²) in [6, 6.07) is 15.7. The number of rotatable bonds is 9. The smallest absolute Gasteiger partial charge is 0.243 e. The highest BCUT2D eigenvalue weighted by Gasteiger charge is 2.22. The van der Waals surface area contributed by atoms with Gasteiger partial charge < -0.3 is 10.6 Å². The Morgan fingerprint density at radius 3 is 2.24 bits per heavy atom. The number of nitrogens with zero attached hydrogens (tertiary/aromatic N) is 3. The van der Waals surface area contributed by atoms with Crippen molar-refractivity contribution in [3.63, 3.8) is 0 Å². The van der Waals surface area contributed by atoms with Crippen molar-refractivity contribution in [3.05, 3.63) is 71.5 Å². The third kappa shape index (κ3) is 6.30. The van der Waals surface area contributed by atoms with E-state index in [1.807, 2.05) is 48.9 Å². The zero-order chi connectivity index (χ0) is 24.9. The first-order valence-corrected chi connectivity index (χ1v) is 12.2. The summed E-state index contributed by atoms with van der Waals surface area (Å²) in [7, 11) is -2.48. The molecule has 3 aromatic rings. The third-order valence-electron chi connectivity index (χ3n) is 5.18. The van der Waals surface area contributed by atoms with Gasteiger partial charge in [-0.25, -0.2) is 13.1 Å². The van der Waals surface area contributed by atoms with Crippen LogP contribution in [-0.2, 0) is 26.0 Å². The highest BCUT2D eigenvalue weighted by atomic mass is 32.2. The lowest BCUT2D eigenvalue weighted by molar-refractivity contribution is -0.121. The lowest BCUT2D eigenvalue weighted by Crippen LogP contribution is -2.39. The van der Waals surface area contributed by atoms with E-state index in [1.165, 1.54) is 38.2 Å². The molecule has 0 aliphatic rings. The van der Waals surface area contributed by atoms with Crippen molar-refractivity contribution in [2.24, 2.45) is 0 Å². The van der Waals surface area contributed by atoms with Gasteiger partial charge in [-0.05, 0) is 68.3 Å². The Hall–Kier alpha value is -3.50. The SMILES string of the molecule is CC(=O)Nc1ccc(S(=O)(=O)N(C)CC(=O)NCCc2ccc(-n3nc(C)cc3C)cc2)cc1. The zero-order valence-corrected chi connectivity index (χ0v) is 20.5. The lowest BCUT2D eigenvalue weighted by Gasteiger charge is -2.17. The number of hydrogen-bond acceptors (Lipinski definition) is 5. The molecule has 34 heavy (non-hydrogen) atoms. The third-order valence-corrected chi connectivity index (χ3v) is 6.99. The molecule has 180 valence electrons. The number of nitrogens with one attached hydrogen (secondary N) is 2. The maximum atomic E-state index is 12.7. The molecular formula is C24H29N5O4S. The normalized spacial score (nSPS) is 11.4. The molecule has 0 spiro atoms. The number of likely N-dealkylation sites (N-methyl/N-ethyl adjacent to an activating group) is 1. The monoisotopic (exact) mass is 483 g/mol. The summed E-state index contributed by atoms with van der Waals surface area (Å²) in [6.45, 7) is 5.41. The summed E-state index contributed by atoms with van der Waals surface area (Å²) in [5, 5.41) is 9.81. The summed E-state index contributed by atoms with van der Waals surface area (Å²) in [4.78, 5) is 23.4. The molecular weight excluding hydrogens is 454 g/mol. The van der Waals surface area contributed by atoms with E-state index in [4.69, 9.17) is 0 Å². The summed E-state index contributed by atoms with van der Waals surface area (Å²) in [5.74, 6) is -0.636. The van der Waals surface area contributed by atoms with E-state index in [0.29, 0.717) is 18.7 Å². The molecule has 0 saturated heterocycles. The maximum absolute atomic E-state index is 12.7. The van der Waals surface area contributed by atoms with Crippen molar-refractivity contribution in [3.8, 4) is 5.69 Å². The van der Waals surface area contributed by atoms with Crippen LogP contribution >= 0.6 is 0 Å². The number of benzene rings is 2. The average molecular weight is 484 g/mol.